The third-order valence-electron chi connectivity index (χ3n) is 2.86. The lowest BCUT2D eigenvalue weighted by molar-refractivity contribution is -0.136. The molecular weight excluding hydrogens is 224 g/mol. The van der Waals surface area contributed by atoms with E-state index in [1.165, 1.54) is 6.20 Å². The Hall–Kier alpha value is -1.85. The molecule has 1 amide bonds. The van der Waals surface area contributed by atoms with Crippen molar-refractivity contribution in [3.05, 3.63) is 11.8 Å². The number of ketones is 1. The summed E-state index contributed by atoms with van der Waals surface area (Å²) in [6, 6.07) is 0.276. The van der Waals surface area contributed by atoms with Gasteiger partial charge in [-0.05, 0) is 12.8 Å². The van der Waals surface area contributed by atoms with E-state index in [-0.39, 0.29) is 29.9 Å². The summed E-state index contributed by atoms with van der Waals surface area (Å²) in [5, 5.41) is 10.9. The summed E-state index contributed by atoms with van der Waals surface area (Å²) in [5.41, 5.74) is 0.0735. The van der Waals surface area contributed by atoms with Gasteiger partial charge in [-0.1, -0.05) is 0 Å². The molecule has 1 aliphatic carbocycles. The molecule has 0 radical (unpaired) electrons. The van der Waals surface area contributed by atoms with Crippen LogP contribution in [0.1, 0.15) is 19.3 Å². The zero-order valence-electron chi connectivity index (χ0n) is 9.31. The highest BCUT2D eigenvalue weighted by molar-refractivity contribution is 6.20. The predicted molar refractivity (Wildman–Crippen MR) is 58.1 cm³/mol. The molecule has 2 N–H and O–H groups in total. The molecule has 0 unspecified atom stereocenters. The van der Waals surface area contributed by atoms with Crippen LogP contribution in [0.3, 0.4) is 0 Å². The Morgan fingerprint density at radius 3 is 2.76 bits per heavy atom. The molecule has 0 aromatic heterocycles. The van der Waals surface area contributed by atoms with Crippen molar-refractivity contribution < 1.29 is 19.5 Å². The number of carboxylic acid groups (broad SMARTS) is 1. The lowest BCUT2D eigenvalue weighted by Gasteiger charge is -2.27. The van der Waals surface area contributed by atoms with Gasteiger partial charge >= 0.3 is 5.97 Å². The highest BCUT2D eigenvalue weighted by Crippen LogP contribution is 2.30. The first-order valence-electron chi connectivity index (χ1n) is 5.59. The number of carbonyl (C=O) groups is 3. The van der Waals surface area contributed by atoms with E-state index in [1.807, 2.05) is 0 Å². The molecule has 17 heavy (non-hydrogen) atoms. The van der Waals surface area contributed by atoms with E-state index < -0.39 is 5.97 Å². The van der Waals surface area contributed by atoms with Crippen molar-refractivity contribution in [3.63, 3.8) is 0 Å². The number of rotatable bonds is 4. The van der Waals surface area contributed by atoms with Gasteiger partial charge in [0.1, 0.15) is 6.54 Å². The van der Waals surface area contributed by atoms with Crippen molar-refractivity contribution in [1.29, 1.82) is 0 Å². The molecule has 2 rings (SSSR count). The smallest absolute Gasteiger partial charge is 0.322 e. The number of carbonyl (C=O) groups excluding carboxylic acids is 2. The van der Waals surface area contributed by atoms with Crippen LogP contribution in [0.25, 0.3) is 0 Å². The molecule has 0 spiro atoms. The number of Topliss-reactive ketones (excluding diaryl/α,β-unsaturated/α-hetero) is 1. The topological polar surface area (TPSA) is 86.7 Å². The third kappa shape index (κ3) is 2.64. The minimum Gasteiger partial charge on any atom is -0.480 e. The van der Waals surface area contributed by atoms with Gasteiger partial charge in [0.15, 0.2) is 5.78 Å². The summed E-state index contributed by atoms with van der Waals surface area (Å²) < 4.78 is 0. The van der Waals surface area contributed by atoms with Gasteiger partial charge in [-0.15, -0.1) is 0 Å². The van der Waals surface area contributed by atoms with Gasteiger partial charge in [0, 0.05) is 25.2 Å². The predicted octanol–water partition coefficient (Wildman–Crippen LogP) is -0.492. The molecule has 6 nitrogen and oxygen atoms in total. The number of aliphatic carboxylic acids is 1. The average Bonchev–Trinajstić information content (AvgIpc) is 3.06. The summed E-state index contributed by atoms with van der Waals surface area (Å²) >= 11 is 0. The second-order valence-corrected chi connectivity index (χ2v) is 4.24. The number of carboxylic acids is 1. The maximum atomic E-state index is 11.9. The van der Waals surface area contributed by atoms with E-state index in [2.05, 4.69) is 5.32 Å². The van der Waals surface area contributed by atoms with E-state index in [0.717, 1.165) is 12.8 Å². The van der Waals surface area contributed by atoms with Crippen molar-refractivity contribution in [3.8, 4) is 0 Å². The fourth-order valence-corrected chi connectivity index (χ4v) is 1.85. The zero-order chi connectivity index (χ0) is 12.4. The maximum absolute atomic E-state index is 11.9. The Morgan fingerprint density at radius 1 is 1.47 bits per heavy atom. The monoisotopic (exact) mass is 238 g/mol. The second-order valence-electron chi connectivity index (χ2n) is 4.24. The Morgan fingerprint density at radius 2 is 2.18 bits per heavy atom. The van der Waals surface area contributed by atoms with Crippen LogP contribution in [0.2, 0.25) is 0 Å². The minimum absolute atomic E-state index is 0.0735. The lowest BCUT2D eigenvalue weighted by atomic mass is 10.0. The van der Waals surface area contributed by atoms with E-state index in [9.17, 15) is 14.4 Å². The molecule has 0 aromatic carbocycles. The molecular formula is C11H14N2O4. The van der Waals surface area contributed by atoms with Gasteiger partial charge in [0.05, 0.1) is 5.57 Å². The molecule has 2 fully saturated rings. The number of piperidine rings is 1. The van der Waals surface area contributed by atoms with Gasteiger partial charge in [-0.25, -0.2) is 0 Å². The van der Waals surface area contributed by atoms with Crippen LogP contribution in [0.5, 0.6) is 0 Å². The van der Waals surface area contributed by atoms with Gasteiger partial charge in [-0.2, -0.15) is 0 Å². The average molecular weight is 238 g/mol. The molecule has 1 saturated carbocycles. The van der Waals surface area contributed by atoms with Crippen molar-refractivity contribution in [2.75, 3.05) is 13.1 Å². The Balaban J connectivity index is 2.03. The Bertz CT molecular complexity index is 398. The molecule has 6 heteroatoms. The van der Waals surface area contributed by atoms with Crippen LogP contribution < -0.4 is 5.32 Å². The Kier molecular flexibility index (Phi) is 3.12. The number of hydrogen-bond acceptors (Lipinski definition) is 4. The van der Waals surface area contributed by atoms with Crippen LogP contribution in [0, 0.1) is 0 Å². The molecule has 1 aliphatic heterocycles. The number of likely N-dealkylation sites (tertiary alicyclic amines) is 1. The van der Waals surface area contributed by atoms with Crippen molar-refractivity contribution in [2.24, 2.45) is 0 Å². The first kappa shape index (κ1) is 11.6. The van der Waals surface area contributed by atoms with Crippen LogP contribution in [0.15, 0.2) is 11.8 Å². The fourth-order valence-electron chi connectivity index (χ4n) is 1.85. The van der Waals surface area contributed by atoms with Crippen LogP contribution in [-0.4, -0.2) is 46.8 Å². The number of nitrogens with zero attached hydrogens (tertiary/aromatic N) is 1. The standard InChI is InChI=1S/C11H14N2O4/c14-9-3-4-13(7-1-2-7)11(17)8(9)5-12-6-10(15)16/h5,7,12H,1-4,6H2,(H,15,16)/b8-5-. The van der Waals surface area contributed by atoms with Crippen LogP contribution >= 0.6 is 0 Å². The van der Waals surface area contributed by atoms with E-state index >= 15 is 0 Å². The highest BCUT2D eigenvalue weighted by atomic mass is 16.4. The SMILES string of the molecule is O=C(O)CN/C=C1/C(=O)CCN(C2CC2)C1=O. The van der Waals surface area contributed by atoms with E-state index in [4.69, 9.17) is 5.11 Å². The quantitative estimate of drug-likeness (QED) is 0.509. The molecule has 0 aromatic rings. The minimum atomic E-state index is -1.03. The van der Waals surface area contributed by atoms with Crippen molar-refractivity contribution in [1.82, 2.24) is 10.2 Å². The first-order chi connectivity index (χ1) is 8.09. The van der Waals surface area contributed by atoms with Crippen molar-refractivity contribution in [2.45, 2.75) is 25.3 Å². The molecule has 0 bridgehead atoms. The maximum Gasteiger partial charge on any atom is 0.322 e. The number of amides is 1. The van der Waals surface area contributed by atoms with Crippen molar-refractivity contribution >= 4 is 17.7 Å². The summed E-state index contributed by atoms with van der Waals surface area (Å²) in [5.74, 6) is -1.52. The number of hydrogen-bond donors (Lipinski definition) is 2. The third-order valence-corrected chi connectivity index (χ3v) is 2.86. The summed E-state index contributed by atoms with van der Waals surface area (Å²) in [6.45, 7) is 0.187. The number of nitrogens with one attached hydrogen (secondary N) is 1. The normalized spacial score (nSPS) is 23.1. The molecule has 1 saturated heterocycles. The fraction of sp³-hybridized carbons (Fsp3) is 0.545. The van der Waals surface area contributed by atoms with E-state index in [0.29, 0.717) is 13.0 Å². The van der Waals surface area contributed by atoms with Gasteiger partial charge in [-0.3, -0.25) is 14.4 Å². The van der Waals surface area contributed by atoms with Gasteiger partial charge in [0.2, 0.25) is 0 Å². The summed E-state index contributed by atoms with van der Waals surface area (Å²) in [6.07, 6.45) is 3.54. The van der Waals surface area contributed by atoms with Crippen LogP contribution in [0.4, 0.5) is 0 Å². The molecule has 92 valence electrons. The molecule has 1 heterocycles. The summed E-state index contributed by atoms with van der Waals surface area (Å²) in [7, 11) is 0. The molecule has 0 atom stereocenters. The Labute approximate surface area is 98.3 Å². The zero-order valence-corrected chi connectivity index (χ0v) is 9.31. The highest BCUT2D eigenvalue weighted by Gasteiger charge is 2.38. The lowest BCUT2D eigenvalue weighted by Crippen LogP contribution is -2.43. The van der Waals surface area contributed by atoms with Crippen LogP contribution in [-0.2, 0) is 14.4 Å². The first-order valence-corrected chi connectivity index (χ1v) is 5.59. The second kappa shape index (κ2) is 4.57. The van der Waals surface area contributed by atoms with E-state index in [1.54, 1.807) is 4.90 Å². The van der Waals surface area contributed by atoms with Gasteiger partial charge < -0.3 is 15.3 Å². The largest absolute Gasteiger partial charge is 0.480 e. The summed E-state index contributed by atoms with van der Waals surface area (Å²) in [4.78, 5) is 35.5. The molecule has 2 aliphatic rings. The van der Waals surface area contributed by atoms with Gasteiger partial charge in [0.25, 0.3) is 5.91 Å².